The molecule has 1 fully saturated rings. The van der Waals surface area contributed by atoms with Crippen LogP contribution in [0.25, 0.3) is 0 Å². The van der Waals surface area contributed by atoms with E-state index in [9.17, 15) is 9.59 Å². The first-order valence-electron chi connectivity index (χ1n) is 6.78. The second kappa shape index (κ2) is 6.41. The molecular weight excluding hydrogens is 244 g/mol. The van der Waals surface area contributed by atoms with Gasteiger partial charge in [-0.05, 0) is 30.9 Å². The third-order valence-corrected chi connectivity index (χ3v) is 3.61. The molecule has 0 bridgehead atoms. The highest BCUT2D eigenvalue weighted by atomic mass is 16.3. The molecule has 1 aliphatic carbocycles. The summed E-state index contributed by atoms with van der Waals surface area (Å²) >= 11 is 0. The maximum atomic E-state index is 11.8. The van der Waals surface area contributed by atoms with Gasteiger partial charge in [-0.3, -0.25) is 9.59 Å². The normalized spacial score (nSPS) is 22.8. The zero-order valence-electron chi connectivity index (χ0n) is 11.1. The molecule has 2 N–H and O–H groups in total. The lowest BCUT2D eigenvalue weighted by Gasteiger charge is -2.29. The van der Waals surface area contributed by atoms with Crippen molar-refractivity contribution < 1.29 is 14.0 Å². The molecule has 0 aromatic carbocycles. The van der Waals surface area contributed by atoms with Crippen LogP contribution in [0, 0.1) is 5.92 Å². The predicted molar refractivity (Wildman–Crippen MR) is 70.6 cm³/mol. The van der Waals surface area contributed by atoms with Gasteiger partial charge in [-0.1, -0.05) is 19.8 Å². The lowest BCUT2D eigenvalue weighted by molar-refractivity contribution is -0.121. The van der Waals surface area contributed by atoms with Crippen LogP contribution in [-0.4, -0.2) is 24.4 Å². The smallest absolute Gasteiger partial charge is 0.287 e. The predicted octanol–water partition coefficient (Wildman–Crippen LogP) is 1.70. The van der Waals surface area contributed by atoms with E-state index in [0.717, 1.165) is 19.3 Å². The van der Waals surface area contributed by atoms with Crippen LogP contribution >= 0.6 is 0 Å². The second-order valence-electron chi connectivity index (χ2n) is 5.10. The quantitative estimate of drug-likeness (QED) is 0.869. The Morgan fingerprint density at radius 1 is 1.37 bits per heavy atom. The van der Waals surface area contributed by atoms with Crippen LogP contribution in [0.1, 0.15) is 43.2 Å². The SMILES string of the molecule is C[C@@H]1CCCC[C@@H]1NC(=O)CNC(=O)c1ccco1. The Morgan fingerprint density at radius 3 is 2.84 bits per heavy atom. The first-order valence-corrected chi connectivity index (χ1v) is 6.78. The summed E-state index contributed by atoms with van der Waals surface area (Å²) in [5.41, 5.74) is 0. The van der Waals surface area contributed by atoms with E-state index in [0.29, 0.717) is 5.92 Å². The Labute approximate surface area is 112 Å². The summed E-state index contributed by atoms with van der Waals surface area (Å²) in [6, 6.07) is 3.44. The minimum absolute atomic E-state index is 0.0112. The molecule has 0 radical (unpaired) electrons. The van der Waals surface area contributed by atoms with E-state index >= 15 is 0 Å². The van der Waals surface area contributed by atoms with Crippen LogP contribution in [0.2, 0.25) is 0 Å². The van der Waals surface area contributed by atoms with E-state index < -0.39 is 0 Å². The molecule has 0 spiro atoms. The third kappa shape index (κ3) is 3.84. The van der Waals surface area contributed by atoms with Gasteiger partial charge in [-0.2, -0.15) is 0 Å². The van der Waals surface area contributed by atoms with Crippen LogP contribution in [0.3, 0.4) is 0 Å². The summed E-state index contributed by atoms with van der Waals surface area (Å²) in [4.78, 5) is 23.4. The van der Waals surface area contributed by atoms with Gasteiger partial charge in [-0.25, -0.2) is 0 Å². The summed E-state index contributed by atoms with van der Waals surface area (Å²) in [6.45, 7) is 2.15. The maximum Gasteiger partial charge on any atom is 0.287 e. The lowest BCUT2D eigenvalue weighted by atomic mass is 9.86. The fourth-order valence-corrected chi connectivity index (χ4v) is 2.44. The minimum Gasteiger partial charge on any atom is -0.459 e. The Kier molecular flexibility index (Phi) is 4.60. The molecule has 0 unspecified atom stereocenters. The van der Waals surface area contributed by atoms with Gasteiger partial charge in [0.1, 0.15) is 0 Å². The van der Waals surface area contributed by atoms with Crippen molar-refractivity contribution >= 4 is 11.8 Å². The van der Waals surface area contributed by atoms with Crippen LogP contribution in [0.15, 0.2) is 22.8 Å². The first-order chi connectivity index (χ1) is 9.16. The van der Waals surface area contributed by atoms with Gasteiger partial charge < -0.3 is 15.1 Å². The van der Waals surface area contributed by atoms with Crippen molar-refractivity contribution in [2.24, 2.45) is 5.92 Å². The molecule has 1 aromatic heterocycles. The van der Waals surface area contributed by atoms with Crippen LogP contribution < -0.4 is 10.6 Å². The maximum absolute atomic E-state index is 11.8. The molecule has 5 heteroatoms. The van der Waals surface area contributed by atoms with Crippen LogP contribution in [-0.2, 0) is 4.79 Å². The number of hydrogen-bond donors (Lipinski definition) is 2. The summed E-state index contributed by atoms with van der Waals surface area (Å²) < 4.78 is 4.95. The summed E-state index contributed by atoms with van der Waals surface area (Å²) in [5, 5.41) is 5.53. The van der Waals surface area contributed by atoms with Gasteiger partial charge in [-0.15, -0.1) is 0 Å². The molecule has 0 aliphatic heterocycles. The number of hydrogen-bond acceptors (Lipinski definition) is 3. The Balaban J connectivity index is 1.74. The van der Waals surface area contributed by atoms with Crippen molar-refractivity contribution in [3.63, 3.8) is 0 Å². The number of nitrogens with one attached hydrogen (secondary N) is 2. The van der Waals surface area contributed by atoms with Gasteiger partial charge in [0.2, 0.25) is 5.91 Å². The number of rotatable bonds is 4. The molecule has 2 rings (SSSR count). The lowest BCUT2D eigenvalue weighted by Crippen LogP contribution is -2.45. The van der Waals surface area contributed by atoms with E-state index in [-0.39, 0.29) is 30.2 Å². The minimum atomic E-state index is -0.364. The van der Waals surface area contributed by atoms with Crippen molar-refractivity contribution in [1.29, 1.82) is 0 Å². The summed E-state index contributed by atoms with van der Waals surface area (Å²) in [5.74, 6) is 0.229. The molecule has 19 heavy (non-hydrogen) atoms. The average molecular weight is 264 g/mol. The van der Waals surface area contributed by atoms with Crippen LogP contribution in [0.5, 0.6) is 0 Å². The molecule has 2 amide bonds. The van der Waals surface area contributed by atoms with Crippen molar-refractivity contribution in [2.45, 2.75) is 38.6 Å². The largest absolute Gasteiger partial charge is 0.459 e. The Bertz CT molecular complexity index is 428. The molecule has 2 atom stereocenters. The molecule has 1 saturated carbocycles. The Morgan fingerprint density at radius 2 is 2.16 bits per heavy atom. The number of amides is 2. The van der Waals surface area contributed by atoms with Gasteiger partial charge in [0, 0.05) is 6.04 Å². The highest BCUT2D eigenvalue weighted by Gasteiger charge is 2.22. The van der Waals surface area contributed by atoms with Gasteiger partial charge in [0.15, 0.2) is 5.76 Å². The molecule has 1 aromatic rings. The van der Waals surface area contributed by atoms with Crippen molar-refractivity contribution in [1.82, 2.24) is 10.6 Å². The number of furan rings is 1. The molecule has 1 heterocycles. The Hall–Kier alpha value is -1.78. The third-order valence-electron chi connectivity index (χ3n) is 3.61. The van der Waals surface area contributed by atoms with E-state index in [1.54, 1.807) is 12.1 Å². The zero-order chi connectivity index (χ0) is 13.7. The van der Waals surface area contributed by atoms with Gasteiger partial charge in [0.05, 0.1) is 12.8 Å². The molecule has 5 nitrogen and oxygen atoms in total. The van der Waals surface area contributed by atoms with E-state index in [4.69, 9.17) is 4.42 Å². The highest BCUT2D eigenvalue weighted by Crippen LogP contribution is 2.23. The molecule has 104 valence electrons. The topological polar surface area (TPSA) is 71.3 Å². The zero-order valence-corrected chi connectivity index (χ0v) is 11.1. The van der Waals surface area contributed by atoms with Crippen molar-refractivity contribution in [2.75, 3.05) is 6.54 Å². The number of carbonyl (C=O) groups is 2. The van der Waals surface area contributed by atoms with E-state index in [2.05, 4.69) is 17.6 Å². The van der Waals surface area contributed by atoms with Gasteiger partial charge >= 0.3 is 0 Å². The number of carbonyl (C=O) groups excluding carboxylic acids is 2. The summed E-state index contributed by atoms with van der Waals surface area (Å²) in [7, 11) is 0. The van der Waals surface area contributed by atoms with E-state index in [1.807, 2.05) is 0 Å². The molecule has 0 saturated heterocycles. The van der Waals surface area contributed by atoms with E-state index in [1.165, 1.54) is 12.7 Å². The highest BCUT2D eigenvalue weighted by molar-refractivity contribution is 5.94. The average Bonchev–Trinajstić information content (AvgIpc) is 2.93. The summed E-state index contributed by atoms with van der Waals surface area (Å²) in [6.07, 6.45) is 6.01. The fraction of sp³-hybridized carbons (Fsp3) is 0.571. The van der Waals surface area contributed by atoms with Crippen LogP contribution in [0.4, 0.5) is 0 Å². The van der Waals surface area contributed by atoms with Crippen molar-refractivity contribution in [3.05, 3.63) is 24.2 Å². The monoisotopic (exact) mass is 264 g/mol. The van der Waals surface area contributed by atoms with Crippen molar-refractivity contribution in [3.8, 4) is 0 Å². The van der Waals surface area contributed by atoms with Gasteiger partial charge in [0.25, 0.3) is 5.91 Å². The molecule has 1 aliphatic rings. The second-order valence-corrected chi connectivity index (χ2v) is 5.10. The standard InChI is InChI=1S/C14H20N2O3/c1-10-5-2-3-6-11(10)16-13(17)9-15-14(18)12-7-4-8-19-12/h4,7-8,10-11H,2-3,5-6,9H2,1H3,(H,15,18)(H,16,17)/t10-,11+/m1/s1. The molecular formula is C14H20N2O3. The fourth-order valence-electron chi connectivity index (χ4n) is 2.44. The first kappa shape index (κ1) is 13.6.